The van der Waals surface area contributed by atoms with Gasteiger partial charge in [0.25, 0.3) is 0 Å². The largest absolute Gasteiger partial charge is 0.377 e. The first-order valence-electron chi connectivity index (χ1n) is 8.67. The van der Waals surface area contributed by atoms with Crippen LogP contribution in [0.25, 0.3) is 0 Å². The number of hydrogen-bond acceptors (Lipinski definition) is 3. The van der Waals surface area contributed by atoms with E-state index < -0.39 is 0 Å². The van der Waals surface area contributed by atoms with Crippen LogP contribution in [0, 0.1) is 0 Å². The fourth-order valence-corrected chi connectivity index (χ4v) is 3.41. The molecule has 2 atom stereocenters. The van der Waals surface area contributed by atoms with Gasteiger partial charge in [-0.05, 0) is 38.8 Å². The van der Waals surface area contributed by atoms with Crippen molar-refractivity contribution in [1.29, 1.82) is 0 Å². The molecule has 1 heterocycles. The highest BCUT2D eigenvalue weighted by Gasteiger charge is 2.22. The second kappa shape index (κ2) is 8.54. The Labute approximate surface area is 129 Å². The standard InChI is InChI=1S/C17H31N3O/c1-4-17(21-6-3)16(18-5-2)13-14-11-12-20(19-14)15-9-7-8-10-15/h11-12,15-18H,4-10,13H2,1-3H3. The second-order valence-corrected chi connectivity index (χ2v) is 6.00. The van der Waals surface area contributed by atoms with Crippen molar-refractivity contribution in [3.8, 4) is 0 Å². The molecule has 0 amide bonds. The molecular formula is C17H31N3O. The van der Waals surface area contributed by atoms with Gasteiger partial charge in [0.2, 0.25) is 0 Å². The van der Waals surface area contributed by atoms with Crippen molar-refractivity contribution in [3.05, 3.63) is 18.0 Å². The van der Waals surface area contributed by atoms with Crippen LogP contribution in [-0.2, 0) is 11.2 Å². The Morgan fingerprint density at radius 2 is 2.10 bits per heavy atom. The molecule has 4 heteroatoms. The number of likely N-dealkylation sites (N-methyl/N-ethyl adjacent to an activating group) is 1. The SMILES string of the molecule is CCNC(Cc1ccn(C2CCCC2)n1)C(CC)OCC. The van der Waals surface area contributed by atoms with Crippen LogP contribution < -0.4 is 5.32 Å². The summed E-state index contributed by atoms with van der Waals surface area (Å²) in [6.45, 7) is 8.17. The Hall–Kier alpha value is -0.870. The minimum atomic E-state index is 0.270. The van der Waals surface area contributed by atoms with Gasteiger partial charge in [-0.25, -0.2) is 0 Å². The van der Waals surface area contributed by atoms with Crippen molar-refractivity contribution in [1.82, 2.24) is 15.1 Å². The summed E-state index contributed by atoms with van der Waals surface area (Å²) in [5, 5.41) is 8.38. The van der Waals surface area contributed by atoms with E-state index in [1.165, 1.54) is 31.4 Å². The van der Waals surface area contributed by atoms with Gasteiger partial charge in [-0.2, -0.15) is 5.10 Å². The third-order valence-electron chi connectivity index (χ3n) is 4.49. The highest BCUT2D eigenvalue weighted by atomic mass is 16.5. The number of ether oxygens (including phenoxy) is 1. The highest BCUT2D eigenvalue weighted by molar-refractivity contribution is 5.04. The molecule has 0 saturated heterocycles. The minimum Gasteiger partial charge on any atom is -0.377 e. The number of rotatable bonds is 9. The zero-order chi connectivity index (χ0) is 15.1. The van der Waals surface area contributed by atoms with Crippen molar-refractivity contribution in [2.75, 3.05) is 13.2 Å². The molecule has 2 rings (SSSR count). The molecule has 1 fully saturated rings. The number of nitrogens with one attached hydrogen (secondary N) is 1. The molecule has 1 aliphatic rings. The first-order valence-corrected chi connectivity index (χ1v) is 8.67. The van der Waals surface area contributed by atoms with Gasteiger partial charge in [-0.15, -0.1) is 0 Å². The van der Waals surface area contributed by atoms with Crippen LogP contribution in [0.3, 0.4) is 0 Å². The Morgan fingerprint density at radius 3 is 2.71 bits per heavy atom. The number of aromatic nitrogens is 2. The van der Waals surface area contributed by atoms with Crippen molar-refractivity contribution in [2.24, 2.45) is 0 Å². The molecule has 0 bridgehead atoms. The fourth-order valence-electron chi connectivity index (χ4n) is 3.41. The third-order valence-corrected chi connectivity index (χ3v) is 4.49. The van der Waals surface area contributed by atoms with Crippen LogP contribution in [0.5, 0.6) is 0 Å². The van der Waals surface area contributed by atoms with E-state index in [-0.39, 0.29) is 6.10 Å². The lowest BCUT2D eigenvalue weighted by atomic mass is 10.0. The van der Waals surface area contributed by atoms with E-state index in [1.807, 2.05) is 0 Å². The molecule has 1 aliphatic carbocycles. The maximum atomic E-state index is 5.89. The molecule has 120 valence electrons. The summed E-state index contributed by atoms with van der Waals surface area (Å²) in [4.78, 5) is 0. The van der Waals surface area contributed by atoms with Crippen LogP contribution >= 0.6 is 0 Å². The van der Waals surface area contributed by atoms with Gasteiger partial charge in [0.05, 0.1) is 17.8 Å². The van der Waals surface area contributed by atoms with Crippen LogP contribution in [0.1, 0.15) is 64.6 Å². The molecule has 2 unspecified atom stereocenters. The van der Waals surface area contributed by atoms with E-state index in [9.17, 15) is 0 Å². The quantitative estimate of drug-likeness (QED) is 0.759. The predicted octanol–water partition coefficient (Wildman–Crippen LogP) is 3.33. The first-order chi connectivity index (χ1) is 10.3. The summed E-state index contributed by atoms with van der Waals surface area (Å²) in [5.74, 6) is 0. The monoisotopic (exact) mass is 293 g/mol. The molecule has 21 heavy (non-hydrogen) atoms. The van der Waals surface area contributed by atoms with Gasteiger partial charge >= 0.3 is 0 Å². The Balaban J connectivity index is 1.98. The Kier molecular flexibility index (Phi) is 6.71. The first kappa shape index (κ1) is 16.5. The Bertz CT molecular complexity index is 398. The van der Waals surface area contributed by atoms with E-state index in [4.69, 9.17) is 9.84 Å². The molecule has 1 aromatic rings. The summed E-state index contributed by atoms with van der Waals surface area (Å²) in [6, 6.07) is 3.17. The maximum absolute atomic E-state index is 5.89. The molecule has 0 spiro atoms. The third kappa shape index (κ3) is 4.55. The molecule has 4 nitrogen and oxygen atoms in total. The van der Waals surface area contributed by atoms with Crippen LogP contribution in [0.4, 0.5) is 0 Å². The smallest absolute Gasteiger partial charge is 0.0729 e. The summed E-state index contributed by atoms with van der Waals surface area (Å²) in [6.07, 6.45) is 9.69. The molecule has 1 N–H and O–H groups in total. The molecule has 0 radical (unpaired) electrons. The van der Waals surface area contributed by atoms with Gasteiger partial charge in [0.15, 0.2) is 0 Å². The molecule has 0 aliphatic heterocycles. The van der Waals surface area contributed by atoms with Crippen LogP contribution in [0.15, 0.2) is 12.3 Å². The van der Waals surface area contributed by atoms with Gasteiger partial charge in [-0.1, -0.05) is 26.7 Å². The maximum Gasteiger partial charge on any atom is 0.0729 e. The van der Waals surface area contributed by atoms with Crippen molar-refractivity contribution in [3.63, 3.8) is 0 Å². The highest BCUT2D eigenvalue weighted by Crippen LogP contribution is 2.28. The zero-order valence-electron chi connectivity index (χ0n) is 13.8. The summed E-state index contributed by atoms with van der Waals surface area (Å²) in [7, 11) is 0. The lowest BCUT2D eigenvalue weighted by Crippen LogP contribution is -2.42. The van der Waals surface area contributed by atoms with Crippen molar-refractivity contribution < 1.29 is 4.74 Å². The topological polar surface area (TPSA) is 39.1 Å². The van der Waals surface area contributed by atoms with Crippen LogP contribution in [-0.4, -0.2) is 35.1 Å². The fraction of sp³-hybridized carbons (Fsp3) is 0.824. The van der Waals surface area contributed by atoms with Crippen molar-refractivity contribution in [2.45, 2.75) is 77.5 Å². The molecular weight excluding hydrogens is 262 g/mol. The van der Waals surface area contributed by atoms with Crippen LogP contribution in [0.2, 0.25) is 0 Å². The van der Waals surface area contributed by atoms with E-state index >= 15 is 0 Å². The summed E-state index contributed by atoms with van der Waals surface area (Å²) in [5.41, 5.74) is 1.19. The molecule has 1 saturated carbocycles. The number of nitrogens with zero attached hydrogens (tertiary/aromatic N) is 2. The summed E-state index contributed by atoms with van der Waals surface area (Å²) < 4.78 is 8.08. The van der Waals surface area contributed by atoms with E-state index in [0.717, 1.165) is 26.0 Å². The van der Waals surface area contributed by atoms with E-state index in [1.54, 1.807) is 0 Å². The lowest BCUT2D eigenvalue weighted by Gasteiger charge is -2.26. The second-order valence-electron chi connectivity index (χ2n) is 6.00. The molecule has 1 aromatic heterocycles. The zero-order valence-corrected chi connectivity index (χ0v) is 13.8. The Morgan fingerprint density at radius 1 is 1.33 bits per heavy atom. The average molecular weight is 293 g/mol. The molecule has 0 aromatic carbocycles. The minimum absolute atomic E-state index is 0.270. The summed E-state index contributed by atoms with van der Waals surface area (Å²) >= 11 is 0. The number of hydrogen-bond donors (Lipinski definition) is 1. The van der Waals surface area contributed by atoms with Gasteiger partial charge in [-0.3, -0.25) is 4.68 Å². The van der Waals surface area contributed by atoms with Gasteiger partial charge < -0.3 is 10.1 Å². The van der Waals surface area contributed by atoms with Crippen molar-refractivity contribution >= 4 is 0 Å². The normalized spacial score (nSPS) is 19.0. The predicted molar refractivity (Wildman–Crippen MR) is 86.6 cm³/mol. The van der Waals surface area contributed by atoms with E-state index in [2.05, 4.69) is 43.0 Å². The van der Waals surface area contributed by atoms with Gasteiger partial charge in [0, 0.05) is 25.3 Å². The van der Waals surface area contributed by atoms with E-state index in [0.29, 0.717) is 12.1 Å². The van der Waals surface area contributed by atoms with Gasteiger partial charge in [0.1, 0.15) is 0 Å². The average Bonchev–Trinajstić information content (AvgIpc) is 3.15. The lowest BCUT2D eigenvalue weighted by molar-refractivity contribution is 0.0320.